The number of unbranched alkanes of at least 4 members (excludes halogenated alkanes) is 6. The van der Waals surface area contributed by atoms with Crippen molar-refractivity contribution in [1.29, 1.82) is 0 Å². The van der Waals surface area contributed by atoms with Gasteiger partial charge in [0.15, 0.2) is 0 Å². The van der Waals surface area contributed by atoms with Crippen molar-refractivity contribution < 1.29 is 0 Å². The number of nitrogens with zero attached hydrogens (tertiary/aromatic N) is 2. The highest BCUT2D eigenvalue weighted by atomic mass is 32.2. The van der Waals surface area contributed by atoms with E-state index in [1.165, 1.54) is 89.2 Å². The predicted molar refractivity (Wildman–Crippen MR) is 108 cm³/mol. The molecule has 1 aliphatic rings. The summed E-state index contributed by atoms with van der Waals surface area (Å²) in [5.41, 5.74) is 0. The van der Waals surface area contributed by atoms with Gasteiger partial charge in [0.25, 0.3) is 0 Å². The van der Waals surface area contributed by atoms with Crippen LogP contribution in [0.3, 0.4) is 0 Å². The zero-order chi connectivity index (χ0) is 16.9. The van der Waals surface area contributed by atoms with Crippen molar-refractivity contribution in [2.45, 2.75) is 102 Å². The maximum Gasteiger partial charge on any atom is 0.0946 e. The van der Waals surface area contributed by atoms with Crippen LogP contribution in [0.1, 0.15) is 90.4 Å². The van der Waals surface area contributed by atoms with Crippen molar-refractivity contribution in [2.75, 3.05) is 5.75 Å². The maximum atomic E-state index is 4.22. The van der Waals surface area contributed by atoms with Gasteiger partial charge < -0.3 is 4.57 Å². The van der Waals surface area contributed by atoms with Crippen LogP contribution in [0.25, 0.3) is 0 Å². The molecule has 1 saturated carbocycles. The Bertz CT molecular complexity index is 385. The highest BCUT2D eigenvalue weighted by Crippen LogP contribution is 2.32. The quantitative estimate of drug-likeness (QED) is 0.368. The second kappa shape index (κ2) is 12.9. The lowest BCUT2D eigenvalue weighted by atomic mass is 9.86. The highest BCUT2D eigenvalue weighted by molar-refractivity contribution is 7.99. The molecule has 0 amide bonds. The van der Waals surface area contributed by atoms with Gasteiger partial charge in [-0.2, -0.15) is 11.8 Å². The molecular weight excluding hydrogens is 312 g/mol. The van der Waals surface area contributed by atoms with Crippen LogP contribution in [0.5, 0.6) is 0 Å². The van der Waals surface area contributed by atoms with E-state index in [0.717, 1.165) is 17.7 Å². The smallest absolute Gasteiger partial charge is 0.0946 e. The average molecular weight is 351 g/mol. The molecule has 1 atom stereocenters. The van der Waals surface area contributed by atoms with Crippen LogP contribution in [0, 0.1) is 5.92 Å². The minimum absolute atomic E-state index is 0.780. The van der Waals surface area contributed by atoms with Crippen molar-refractivity contribution in [2.24, 2.45) is 5.92 Å². The van der Waals surface area contributed by atoms with Gasteiger partial charge in [-0.25, -0.2) is 4.98 Å². The van der Waals surface area contributed by atoms with Gasteiger partial charge in [0.2, 0.25) is 0 Å². The van der Waals surface area contributed by atoms with Gasteiger partial charge in [0.1, 0.15) is 0 Å². The van der Waals surface area contributed by atoms with E-state index >= 15 is 0 Å². The van der Waals surface area contributed by atoms with Crippen molar-refractivity contribution >= 4 is 11.8 Å². The molecule has 2 nitrogen and oxygen atoms in total. The van der Waals surface area contributed by atoms with Gasteiger partial charge in [0.05, 0.1) is 6.33 Å². The lowest BCUT2D eigenvalue weighted by Crippen LogP contribution is -2.19. The maximum absolute atomic E-state index is 4.22. The first-order chi connectivity index (χ1) is 11.9. The fourth-order valence-corrected chi connectivity index (χ4v) is 5.32. The first-order valence-corrected chi connectivity index (χ1v) is 11.5. The Kier molecular flexibility index (Phi) is 10.6. The molecule has 0 bridgehead atoms. The van der Waals surface area contributed by atoms with E-state index in [1.54, 1.807) is 0 Å². The summed E-state index contributed by atoms with van der Waals surface area (Å²) in [5.74, 6) is 2.33. The Morgan fingerprint density at radius 3 is 2.50 bits per heavy atom. The van der Waals surface area contributed by atoms with Crippen LogP contribution in [-0.2, 0) is 6.54 Å². The van der Waals surface area contributed by atoms with E-state index in [9.17, 15) is 0 Å². The zero-order valence-corrected chi connectivity index (χ0v) is 16.6. The number of imidazole rings is 1. The molecule has 24 heavy (non-hydrogen) atoms. The van der Waals surface area contributed by atoms with Crippen LogP contribution >= 0.6 is 11.8 Å². The van der Waals surface area contributed by atoms with Gasteiger partial charge >= 0.3 is 0 Å². The fraction of sp³-hybridized carbons (Fsp3) is 0.857. The number of thioether (sulfide) groups is 1. The summed E-state index contributed by atoms with van der Waals surface area (Å²) >= 11 is 2.23. The Labute approximate surface area is 154 Å². The largest absolute Gasteiger partial charge is 0.336 e. The Balaban J connectivity index is 1.63. The molecule has 1 aromatic rings. The molecule has 0 saturated heterocycles. The van der Waals surface area contributed by atoms with Gasteiger partial charge in [-0.3, -0.25) is 0 Å². The summed E-state index contributed by atoms with van der Waals surface area (Å²) in [5, 5.41) is 0.780. The molecule has 0 aliphatic heterocycles. The molecule has 1 heterocycles. The molecule has 0 radical (unpaired) electrons. The summed E-state index contributed by atoms with van der Waals surface area (Å²) in [6, 6.07) is 0. The van der Waals surface area contributed by atoms with Crippen LogP contribution in [0.15, 0.2) is 18.7 Å². The van der Waals surface area contributed by atoms with E-state index in [-0.39, 0.29) is 0 Å². The summed E-state index contributed by atoms with van der Waals surface area (Å²) in [7, 11) is 0. The van der Waals surface area contributed by atoms with Crippen LogP contribution in [0.4, 0.5) is 0 Å². The van der Waals surface area contributed by atoms with Crippen molar-refractivity contribution in [3.05, 3.63) is 18.7 Å². The Morgan fingerprint density at radius 1 is 1.04 bits per heavy atom. The minimum atomic E-state index is 0.780. The molecule has 1 unspecified atom stereocenters. The fourth-order valence-electron chi connectivity index (χ4n) is 3.93. The zero-order valence-electron chi connectivity index (χ0n) is 15.8. The molecule has 0 N–H and O–H groups in total. The first-order valence-electron chi connectivity index (χ1n) is 10.5. The van der Waals surface area contributed by atoms with Crippen LogP contribution < -0.4 is 0 Å². The topological polar surface area (TPSA) is 17.8 Å². The Morgan fingerprint density at radius 2 is 1.79 bits per heavy atom. The minimum Gasteiger partial charge on any atom is -0.336 e. The van der Waals surface area contributed by atoms with E-state index in [0.29, 0.717) is 0 Å². The van der Waals surface area contributed by atoms with Crippen LogP contribution in [-0.4, -0.2) is 20.6 Å². The lowest BCUT2D eigenvalue weighted by molar-refractivity contribution is 0.330. The third-order valence-corrected chi connectivity index (χ3v) is 6.73. The number of rotatable bonds is 13. The summed E-state index contributed by atoms with van der Waals surface area (Å²) in [4.78, 5) is 4.22. The molecular formula is C21H38N2S. The van der Waals surface area contributed by atoms with Crippen LogP contribution in [0.2, 0.25) is 0 Å². The lowest BCUT2D eigenvalue weighted by Gasteiger charge is -2.26. The summed E-state index contributed by atoms with van der Waals surface area (Å²) in [6.07, 6.45) is 24.7. The van der Waals surface area contributed by atoms with E-state index in [4.69, 9.17) is 0 Å². The monoisotopic (exact) mass is 350 g/mol. The van der Waals surface area contributed by atoms with Gasteiger partial charge in [0, 0.05) is 24.2 Å². The van der Waals surface area contributed by atoms with Crippen molar-refractivity contribution in [1.82, 2.24) is 9.55 Å². The highest BCUT2D eigenvalue weighted by Gasteiger charge is 2.19. The molecule has 1 aliphatic carbocycles. The molecule has 138 valence electrons. The molecule has 3 heteroatoms. The third kappa shape index (κ3) is 8.60. The third-order valence-electron chi connectivity index (χ3n) is 5.40. The molecule has 1 aromatic heterocycles. The second-order valence-electron chi connectivity index (χ2n) is 7.61. The average Bonchev–Trinajstić information content (AvgIpc) is 3.11. The SMILES string of the molecule is CCCCCCCCCSC(CC1CCCCC1)Cn1ccnc1. The molecule has 0 spiro atoms. The predicted octanol–water partition coefficient (Wildman–Crippen LogP) is 6.71. The van der Waals surface area contributed by atoms with Crippen molar-refractivity contribution in [3.63, 3.8) is 0 Å². The summed E-state index contributed by atoms with van der Waals surface area (Å²) < 4.78 is 2.28. The number of hydrogen-bond donors (Lipinski definition) is 0. The Hall–Kier alpha value is -0.440. The van der Waals surface area contributed by atoms with E-state index in [1.807, 2.05) is 12.5 Å². The first kappa shape index (κ1) is 19.9. The standard InChI is InChI=1S/C21H38N2S/c1-2-3-4-5-6-7-11-16-24-21(18-23-15-14-22-19-23)17-20-12-9-8-10-13-20/h14-15,19-21H,2-13,16-18H2,1H3. The molecule has 0 aromatic carbocycles. The molecule has 2 rings (SSSR count). The second-order valence-corrected chi connectivity index (χ2v) is 9.02. The summed E-state index contributed by atoms with van der Waals surface area (Å²) in [6.45, 7) is 3.45. The number of hydrogen-bond acceptors (Lipinski definition) is 2. The van der Waals surface area contributed by atoms with Gasteiger partial charge in [-0.1, -0.05) is 77.6 Å². The van der Waals surface area contributed by atoms with Gasteiger partial charge in [-0.15, -0.1) is 0 Å². The van der Waals surface area contributed by atoms with Crippen molar-refractivity contribution in [3.8, 4) is 0 Å². The normalized spacial score (nSPS) is 17.2. The van der Waals surface area contributed by atoms with Gasteiger partial charge in [-0.05, 0) is 24.5 Å². The molecule has 1 fully saturated rings. The van der Waals surface area contributed by atoms with E-state index in [2.05, 4.69) is 34.4 Å². The van der Waals surface area contributed by atoms with E-state index < -0.39 is 0 Å². The number of aromatic nitrogens is 2.